The normalized spacial score (nSPS) is 15.0. The first kappa shape index (κ1) is 25.3. The Morgan fingerprint density at radius 1 is 1.19 bits per heavy atom. The number of anilines is 1. The van der Waals surface area contributed by atoms with E-state index >= 15 is 0 Å². The fraction of sp³-hybridized carbons (Fsp3) is 0.409. The predicted octanol–water partition coefficient (Wildman–Crippen LogP) is 4.13. The van der Waals surface area contributed by atoms with Crippen LogP contribution in [0, 0.1) is 11.6 Å². The smallest absolute Gasteiger partial charge is 0.277 e. The van der Waals surface area contributed by atoms with Crippen molar-refractivity contribution in [1.29, 1.82) is 0 Å². The summed E-state index contributed by atoms with van der Waals surface area (Å²) in [5.41, 5.74) is 11.6. The Bertz CT molecular complexity index is 961. The van der Waals surface area contributed by atoms with E-state index < -0.39 is 17.5 Å². The number of thiazole rings is 1. The maximum Gasteiger partial charge on any atom is 0.277 e. The molecule has 1 aliphatic heterocycles. The second kappa shape index (κ2) is 12.1. The van der Waals surface area contributed by atoms with Gasteiger partial charge >= 0.3 is 0 Å². The molecule has 32 heavy (non-hydrogen) atoms. The van der Waals surface area contributed by atoms with Crippen LogP contribution in [0.5, 0.6) is 0 Å². The third-order valence-electron chi connectivity index (χ3n) is 4.82. The van der Waals surface area contributed by atoms with Gasteiger partial charge in [0, 0.05) is 26.3 Å². The molecule has 1 aromatic heterocycles. The van der Waals surface area contributed by atoms with Gasteiger partial charge in [0.25, 0.3) is 5.91 Å². The van der Waals surface area contributed by atoms with E-state index in [2.05, 4.69) is 20.2 Å². The van der Waals surface area contributed by atoms with Crippen molar-refractivity contribution >= 4 is 28.1 Å². The van der Waals surface area contributed by atoms with Crippen LogP contribution in [-0.2, 0) is 0 Å². The van der Waals surface area contributed by atoms with Crippen molar-refractivity contribution < 1.29 is 13.6 Å². The lowest BCUT2D eigenvalue weighted by atomic mass is 10.2. The van der Waals surface area contributed by atoms with Gasteiger partial charge in [-0.1, -0.05) is 44.1 Å². The van der Waals surface area contributed by atoms with Gasteiger partial charge in [0.15, 0.2) is 5.69 Å². The van der Waals surface area contributed by atoms with Gasteiger partial charge in [-0.15, -0.1) is 0 Å². The van der Waals surface area contributed by atoms with E-state index in [1.54, 1.807) is 7.05 Å². The lowest BCUT2D eigenvalue weighted by Crippen LogP contribution is -2.39. The minimum Gasteiger partial charge on any atom is -0.403 e. The molecule has 2 heterocycles. The molecule has 1 aliphatic rings. The van der Waals surface area contributed by atoms with Gasteiger partial charge in [-0.05, 0) is 25.0 Å². The summed E-state index contributed by atoms with van der Waals surface area (Å²) in [5, 5.41) is 2.72. The first-order chi connectivity index (χ1) is 15.5. The van der Waals surface area contributed by atoms with Crippen LogP contribution in [0.2, 0.25) is 0 Å². The molecule has 5 N–H and O–H groups in total. The standard InChI is InChI=1S/C20H24F2N6OS.C2H6/c1-25-18(28-9-4-2-3-5-10-28)14(11-23)26-19(29)16-17(24)30-20(27-16)15-12(21)7-6-8-13(15)22;1-2/h6-8,11H,2-5,9-10,23-24H2,1H3,(H,26,29);1-2H3/b14-11+,25-18?;. The van der Waals surface area contributed by atoms with Crippen LogP contribution in [0.4, 0.5) is 13.8 Å². The largest absolute Gasteiger partial charge is 0.403 e. The average molecular weight is 465 g/mol. The number of amidine groups is 1. The molecule has 0 radical (unpaired) electrons. The molecule has 1 amide bonds. The number of likely N-dealkylation sites (tertiary alicyclic amines) is 1. The van der Waals surface area contributed by atoms with Gasteiger partial charge in [-0.2, -0.15) is 0 Å². The number of nitrogens with zero attached hydrogens (tertiary/aromatic N) is 3. The quantitative estimate of drug-likeness (QED) is 0.466. The summed E-state index contributed by atoms with van der Waals surface area (Å²) >= 11 is 0.838. The van der Waals surface area contributed by atoms with E-state index in [1.807, 2.05) is 13.8 Å². The number of carbonyl (C=O) groups excluding carboxylic acids is 1. The Morgan fingerprint density at radius 2 is 1.78 bits per heavy atom. The van der Waals surface area contributed by atoms with E-state index in [4.69, 9.17) is 11.5 Å². The van der Waals surface area contributed by atoms with Gasteiger partial charge in [-0.25, -0.2) is 13.8 Å². The highest BCUT2D eigenvalue weighted by Gasteiger charge is 2.24. The number of aliphatic imine (C=N–C) groups is 1. The Labute approximate surface area is 191 Å². The van der Waals surface area contributed by atoms with Crippen LogP contribution in [0.1, 0.15) is 50.0 Å². The number of hydrogen-bond donors (Lipinski definition) is 3. The first-order valence-corrected chi connectivity index (χ1v) is 11.4. The summed E-state index contributed by atoms with van der Waals surface area (Å²) in [6.45, 7) is 5.63. The number of hydrogen-bond acceptors (Lipinski definition) is 6. The molecule has 2 aromatic rings. The van der Waals surface area contributed by atoms with Crippen molar-refractivity contribution in [3.63, 3.8) is 0 Å². The van der Waals surface area contributed by atoms with Crippen molar-refractivity contribution in [2.75, 3.05) is 25.9 Å². The highest BCUT2D eigenvalue weighted by Crippen LogP contribution is 2.33. The summed E-state index contributed by atoms with van der Waals surface area (Å²) < 4.78 is 28.1. The second-order valence-corrected chi connectivity index (χ2v) is 7.84. The number of carbonyl (C=O) groups is 1. The highest BCUT2D eigenvalue weighted by molar-refractivity contribution is 7.19. The fourth-order valence-electron chi connectivity index (χ4n) is 3.37. The molecule has 1 saturated heterocycles. The summed E-state index contributed by atoms with van der Waals surface area (Å²) in [5.74, 6) is -1.61. The Balaban J connectivity index is 0.00000176. The Hall–Kier alpha value is -3.01. The van der Waals surface area contributed by atoms with Gasteiger partial charge < -0.3 is 21.7 Å². The van der Waals surface area contributed by atoms with Gasteiger partial charge in [0.05, 0.1) is 11.3 Å². The number of amides is 1. The molecular formula is C22H30F2N6OS. The highest BCUT2D eigenvalue weighted by atomic mass is 32.1. The van der Waals surface area contributed by atoms with E-state index in [-0.39, 0.29) is 21.3 Å². The number of nitrogens with one attached hydrogen (secondary N) is 1. The number of halogens is 2. The number of nitrogen functional groups attached to an aromatic ring is 1. The van der Waals surface area contributed by atoms with E-state index in [9.17, 15) is 13.6 Å². The summed E-state index contributed by atoms with van der Waals surface area (Å²) in [7, 11) is 1.63. The van der Waals surface area contributed by atoms with E-state index in [0.29, 0.717) is 11.5 Å². The maximum atomic E-state index is 14.1. The minimum atomic E-state index is -0.778. The van der Waals surface area contributed by atoms with Crippen LogP contribution in [-0.4, -0.2) is 41.8 Å². The topological polar surface area (TPSA) is 110 Å². The van der Waals surface area contributed by atoms with Gasteiger partial charge in [0.1, 0.15) is 27.5 Å². The number of rotatable bonds is 4. The molecule has 1 fully saturated rings. The molecule has 0 spiro atoms. The third-order valence-corrected chi connectivity index (χ3v) is 5.72. The lowest BCUT2D eigenvalue weighted by molar-refractivity contribution is 0.0964. The van der Waals surface area contributed by atoms with Crippen LogP contribution in [0.3, 0.4) is 0 Å². The average Bonchev–Trinajstić information content (AvgIpc) is 2.98. The zero-order valence-electron chi connectivity index (χ0n) is 18.6. The summed E-state index contributed by atoms with van der Waals surface area (Å²) in [6.07, 6.45) is 5.62. The summed E-state index contributed by atoms with van der Waals surface area (Å²) in [4.78, 5) is 23.3. The van der Waals surface area contributed by atoms with Crippen molar-refractivity contribution in [3.05, 3.63) is 47.4 Å². The predicted molar refractivity (Wildman–Crippen MR) is 126 cm³/mol. The molecule has 0 bridgehead atoms. The molecule has 7 nitrogen and oxygen atoms in total. The van der Waals surface area contributed by atoms with Gasteiger partial charge in [-0.3, -0.25) is 9.79 Å². The van der Waals surface area contributed by atoms with Crippen molar-refractivity contribution in [2.24, 2.45) is 10.7 Å². The third kappa shape index (κ3) is 5.82. The second-order valence-electron chi connectivity index (χ2n) is 6.81. The number of aromatic nitrogens is 1. The molecular weight excluding hydrogens is 434 g/mol. The van der Waals surface area contributed by atoms with Crippen molar-refractivity contribution in [3.8, 4) is 10.6 Å². The van der Waals surface area contributed by atoms with Crippen molar-refractivity contribution in [2.45, 2.75) is 39.5 Å². The SMILES string of the molecule is CC.CN=C(/C(=C\N)NC(=O)c1nc(-c2c(F)cccc2F)sc1N)N1CCCCCC1. The van der Waals surface area contributed by atoms with Gasteiger partial charge in [0.2, 0.25) is 0 Å². The van der Waals surface area contributed by atoms with Crippen LogP contribution in [0.15, 0.2) is 35.1 Å². The van der Waals surface area contributed by atoms with Crippen molar-refractivity contribution in [1.82, 2.24) is 15.2 Å². The summed E-state index contributed by atoms with van der Waals surface area (Å²) in [6, 6.07) is 3.50. The molecule has 0 aliphatic carbocycles. The Kier molecular flexibility index (Phi) is 9.58. The molecule has 174 valence electrons. The molecule has 0 unspecified atom stereocenters. The molecule has 1 aromatic carbocycles. The first-order valence-electron chi connectivity index (χ1n) is 10.6. The van der Waals surface area contributed by atoms with E-state index in [1.165, 1.54) is 12.3 Å². The van der Waals surface area contributed by atoms with Crippen LogP contribution >= 0.6 is 11.3 Å². The minimum absolute atomic E-state index is 0.0107. The number of nitrogens with two attached hydrogens (primary N) is 2. The zero-order chi connectivity index (χ0) is 23.7. The maximum absolute atomic E-state index is 14.1. The number of benzene rings is 1. The Morgan fingerprint density at radius 3 is 2.31 bits per heavy atom. The fourth-order valence-corrected chi connectivity index (χ4v) is 4.25. The molecule has 3 rings (SSSR count). The monoisotopic (exact) mass is 464 g/mol. The van der Waals surface area contributed by atoms with E-state index in [0.717, 1.165) is 62.2 Å². The molecule has 0 saturated carbocycles. The molecule has 0 atom stereocenters. The zero-order valence-corrected chi connectivity index (χ0v) is 19.4. The molecule has 10 heteroatoms. The lowest BCUT2D eigenvalue weighted by Gasteiger charge is -2.25. The van der Waals surface area contributed by atoms with Crippen LogP contribution in [0.25, 0.3) is 10.6 Å². The van der Waals surface area contributed by atoms with Crippen LogP contribution < -0.4 is 16.8 Å².